The molecule has 0 radical (unpaired) electrons. The molecule has 9 nitrogen and oxygen atoms in total. The lowest BCUT2D eigenvalue weighted by Gasteiger charge is -2.31. The third-order valence-corrected chi connectivity index (χ3v) is 6.58. The van der Waals surface area contributed by atoms with Gasteiger partial charge in [-0.25, -0.2) is 9.78 Å². The lowest BCUT2D eigenvalue weighted by Crippen LogP contribution is -2.38. The Balaban J connectivity index is 1.25. The molecule has 1 amide bonds. The van der Waals surface area contributed by atoms with Crippen molar-refractivity contribution < 1.29 is 27.6 Å². The van der Waals surface area contributed by atoms with Crippen molar-refractivity contribution >= 4 is 28.6 Å². The van der Waals surface area contributed by atoms with Gasteiger partial charge in [-0.05, 0) is 48.7 Å². The van der Waals surface area contributed by atoms with E-state index in [1.807, 2.05) is 12.1 Å². The molecule has 4 heterocycles. The number of fused-ring (bicyclic) bond motifs is 1. The third kappa shape index (κ3) is 4.97. The van der Waals surface area contributed by atoms with E-state index in [1.54, 1.807) is 35.4 Å². The minimum Gasteiger partial charge on any atom is -0.383 e. The Morgan fingerprint density at radius 3 is 2.37 bits per heavy atom. The molecule has 0 bridgehead atoms. The number of nitrogen functional groups attached to an aromatic ring is 1. The molecule has 1 aliphatic heterocycles. The summed E-state index contributed by atoms with van der Waals surface area (Å²) in [6.45, 7) is 1.15. The van der Waals surface area contributed by atoms with Crippen LogP contribution in [0.3, 0.4) is 0 Å². The van der Waals surface area contributed by atoms with Crippen LogP contribution in [0.1, 0.15) is 34.8 Å². The van der Waals surface area contributed by atoms with Gasteiger partial charge in [-0.15, -0.1) is 4.73 Å². The first-order valence-corrected chi connectivity index (χ1v) is 11.7. The molecule has 4 aromatic rings. The van der Waals surface area contributed by atoms with Crippen LogP contribution >= 0.6 is 0 Å². The molecule has 0 spiro atoms. The predicted molar refractivity (Wildman–Crippen MR) is 132 cm³/mol. The van der Waals surface area contributed by atoms with Crippen LogP contribution in [0.15, 0.2) is 65.7 Å². The van der Waals surface area contributed by atoms with Crippen LogP contribution in [0.2, 0.25) is 0 Å². The normalized spacial score (nSPS) is 14.6. The van der Waals surface area contributed by atoms with Crippen molar-refractivity contribution in [2.45, 2.75) is 24.9 Å². The maximum Gasteiger partial charge on any atom is 0.493 e. The number of hydrogen-bond acceptors (Lipinski definition) is 6. The first-order valence-electron chi connectivity index (χ1n) is 11.7. The van der Waals surface area contributed by atoms with Gasteiger partial charge in [0.25, 0.3) is 11.5 Å². The van der Waals surface area contributed by atoms with E-state index >= 15 is 0 Å². The molecular formula is C26H22F3N5O4. The van der Waals surface area contributed by atoms with Gasteiger partial charge in [-0.1, -0.05) is 12.1 Å². The molecule has 0 atom stereocenters. The number of piperidine rings is 1. The first-order chi connectivity index (χ1) is 18.1. The summed E-state index contributed by atoms with van der Waals surface area (Å²) in [6, 6.07) is 12.7. The summed E-state index contributed by atoms with van der Waals surface area (Å²) >= 11 is 0. The SMILES string of the molecule is Nc1nccc2[nH]c(C3CCN(C(=O)c4ccc(-c5ccc(=O)n(OC(=O)C(F)(F)F)c5)cc4)CC3)cc12. The predicted octanol–water partition coefficient (Wildman–Crippen LogP) is 3.51. The molecule has 1 aromatic carbocycles. The second-order valence-corrected chi connectivity index (χ2v) is 8.98. The highest BCUT2D eigenvalue weighted by atomic mass is 19.4. The number of H-pyrrole nitrogens is 1. The van der Waals surface area contributed by atoms with Crippen molar-refractivity contribution in [2.75, 3.05) is 18.8 Å². The van der Waals surface area contributed by atoms with E-state index in [2.05, 4.69) is 14.8 Å². The zero-order valence-corrected chi connectivity index (χ0v) is 19.9. The molecule has 0 saturated carbocycles. The number of likely N-dealkylation sites (tertiary alicyclic amines) is 1. The molecule has 1 fully saturated rings. The molecule has 38 heavy (non-hydrogen) atoms. The average Bonchev–Trinajstić information content (AvgIpc) is 3.35. The number of carbonyl (C=O) groups excluding carboxylic acids is 2. The molecular weight excluding hydrogens is 503 g/mol. The number of pyridine rings is 2. The monoisotopic (exact) mass is 525 g/mol. The fraction of sp³-hybridized carbons (Fsp3) is 0.231. The fourth-order valence-electron chi connectivity index (χ4n) is 4.55. The highest BCUT2D eigenvalue weighted by Gasteiger charge is 2.42. The highest BCUT2D eigenvalue weighted by Crippen LogP contribution is 2.32. The molecule has 5 rings (SSSR count). The minimum absolute atomic E-state index is 0.135. The maximum atomic E-state index is 13.1. The largest absolute Gasteiger partial charge is 0.493 e. The van der Waals surface area contributed by atoms with Crippen LogP contribution in [-0.4, -0.2) is 50.7 Å². The Morgan fingerprint density at radius 2 is 1.71 bits per heavy atom. The van der Waals surface area contributed by atoms with E-state index < -0.39 is 17.7 Å². The molecule has 12 heteroatoms. The van der Waals surface area contributed by atoms with Crippen molar-refractivity contribution in [3.63, 3.8) is 0 Å². The Labute approximate surface area is 213 Å². The van der Waals surface area contributed by atoms with Crippen LogP contribution in [0, 0.1) is 0 Å². The third-order valence-electron chi connectivity index (χ3n) is 6.58. The zero-order chi connectivity index (χ0) is 27.0. The number of nitrogens with two attached hydrogens (primary N) is 1. The second kappa shape index (κ2) is 9.69. The Bertz CT molecular complexity index is 1570. The lowest BCUT2D eigenvalue weighted by atomic mass is 9.93. The van der Waals surface area contributed by atoms with Gasteiger partial charge in [0.2, 0.25) is 0 Å². The molecule has 196 valence electrons. The summed E-state index contributed by atoms with van der Waals surface area (Å²) in [5.74, 6) is -1.91. The lowest BCUT2D eigenvalue weighted by molar-refractivity contribution is -0.200. The first kappa shape index (κ1) is 25.1. The van der Waals surface area contributed by atoms with Crippen molar-refractivity contribution in [1.82, 2.24) is 19.6 Å². The summed E-state index contributed by atoms with van der Waals surface area (Å²) in [4.78, 5) is 49.4. The Kier molecular flexibility index (Phi) is 6.39. The number of alkyl halides is 3. The van der Waals surface area contributed by atoms with Gasteiger partial charge in [0.05, 0.1) is 11.7 Å². The Morgan fingerprint density at radius 1 is 1.03 bits per heavy atom. The van der Waals surface area contributed by atoms with Gasteiger partial charge >= 0.3 is 12.1 Å². The van der Waals surface area contributed by atoms with Crippen LogP contribution in [-0.2, 0) is 4.79 Å². The zero-order valence-electron chi connectivity index (χ0n) is 19.9. The van der Waals surface area contributed by atoms with Crippen LogP contribution < -0.4 is 16.1 Å². The van der Waals surface area contributed by atoms with E-state index in [0.29, 0.717) is 35.6 Å². The van der Waals surface area contributed by atoms with Crippen molar-refractivity contribution in [3.05, 3.63) is 82.5 Å². The average molecular weight is 525 g/mol. The number of halogens is 3. The number of aromatic amines is 1. The van der Waals surface area contributed by atoms with Gasteiger partial charge in [0.1, 0.15) is 5.82 Å². The van der Waals surface area contributed by atoms with Crippen LogP contribution in [0.5, 0.6) is 0 Å². The van der Waals surface area contributed by atoms with Crippen molar-refractivity contribution in [2.24, 2.45) is 0 Å². The van der Waals surface area contributed by atoms with Gasteiger partial charge in [0, 0.05) is 53.5 Å². The van der Waals surface area contributed by atoms with E-state index in [4.69, 9.17) is 5.73 Å². The number of amides is 1. The second-order valence-electron chi connectivity index (χ2n) is 8.98. The van der Waals surface area contributed by atoms with Crippen LogP contribution in [0.4, 0.5) is 19.0 Å². The Hall–Kier alpha value is -4.61. The van der Waals surface area contributed by atoms with Crippen molar-refractivity contribution in [3.8, 4) is 11.1 Å². The number of benzene rings is 1. The van der Waals surface area contributed by atoms with E-state index in [-0.39, 0.29) is 16.6 Å². The maximum absolute atomic E-state index is 13.1. The van der Waals surface area contributed by atoms with Gasteiger partial charge in [-0.2, -0.15) is 13.2 Å². The van der Waals surface area contributed by atoms with E-state index in [1.165, 1.54) is 6.07 Å². The number of nitrogens with zero attached hydrogens (tertiary/aromatic N) is 3. The smallest absolute Gasteiger partial charge is 0.383 e. The summed E-state index contributed by atoms with van der Waals surface area (Å²) in [7, 11) is 0. The van der Waals surface area contributed by atoms with E-state index in [9.17, 15) is 27.6 Å². The molecule has 0 unspecified atom stereocenters. The van der Waals surface area contributed by atoms with Gasteiger partial charge < -0.3 is 20.5 Å². The van der Waals surface area contributed by atoms with Crippen molar-refractivity contribution in [1.29, 1.82) is 0 Å². The van der Waals surface area contributed by atoms with Gasteiger partial charge in [-0.3, -0.25) is 9.59 Å². The fourth-order valence-corrected chi connectivity index (χ4v) is 4.55. The molecule has 1 aliphatic rings. The van der Waals surface area contributed by atoms with Gasteiger partial charge in [0.15, 0.2) is 0 Å². The summed E-state index contributed by atoms with van der Waals surface area (Å²) in [5, 5.41) is 0.884. The molecule has 3 N–H and O–H groups in total. The topological polar surface area (TPSA) is 123 Å². The number of nitrogens with one attached hydrogen (secondary N) is 1. The standard InChI is InChI=1S/C26H22F3N5O4/c27-26(28,29)25(37)38-34-14-18(5-6-22(34)35)15-1-3-17(4-2-15)24(36)33-11-8-16(9-12-33)21-13-19-20(32-21)7-10-31-23(19)30/h1-7,10,13-14,16,32H,8-9,11-12H2,(H2,30,31). The quantitative estimate of drug-likeness (QED) is 0.420. The van der Waals surface area contributed by atoms with E-state index in [0.717, 1.165) is 41.7 Å². The number of anilines is 1. The molecule has 1 saturated heterocycles. The number of carbonyl (C=O) groups is 2. The van der Waals surface area contributed by atoms with Crippen LogP contribution in [0.25, 0.3) is 22.0 Å². The number of aromatic nitrogens is 3. The number of hydrogen-bond donors (Lipinski definition) is 2. The highest BCUT2D eigenvalue weighted by molar-refractivity contribution is 5.95. The minimum atomic E-state index is -5.24. The molecule has 3 aromatic heterocycles. The summed E-state index contributed by atoms with van der Waals surface area (Å²) in [6.07, 6.45) is -1.04. The summed E-state index contributed by atoms with van der Waals surface area (Å²) in [5.41, 5.74) is 8.32. The molecule has 0 aliphatic carbocycles. The number of rotatable bonds is 4. The summed E-state index contributed by atoms with van der Waals surface area (Å²) < 4.78 is 37.7.